The van der Waals surface area contributed by atoms with E-state index in [-0.39, 0.29) is 67.2 Å². The van der Waals surface area contributed by atoms with Crippen molar-refractivity contribution in [1.29, 1.82) is 0 Å². The molecule has 8 amide bonds. The molecule has 4 aromatic carbocycles. The molecule has 0 fully saturated rings. The summed E-state index contributed by atoms with van der Waals surface area (Å²) in [5.41, 5.74) is 0.996. The molecule has 3 aliphatic heterocycles. The molecule has 4 aromatic rings. The van der Waals surface area contributed by atoms with Gasteiger partial charge in [0.2, 0.25) is 6.41 Å². The van der Waals surface area contributed by atoms with Gasteiger partial charge < -0.3 is 0 Å². The van der Waals surface area contributed by atoms with Crippen molar-refractivity contribution in [3.63, 3.8) is 0 Å². The average Bonchev–Trinajstić information content (AvgIpc) is 3.17. The molecule has 0 aliphatic carbocycles. The molecule has 0 unspecified atom stereocenters. The van der Waals surface area contributed by atoms with Crippen LogP contribution in [0.5, 0.6) is 0 Å². The van der Waals surface area contributed by atoms with Crippen molar-refractivity contribution in [2.75, 3.05) is 0 Å². The summed E-state index contributed by atoms with van der Waals surface area (Å²) in [7, 11) is 0. The maximum atomic E-state index is 14.4. The van der Waals surface area contributed by atoms with Crippen LogP contribution in [0.25, 0.3) is 21.5 Å². The quantitative estimate of drug-likeness (QED) is 0.103. The molecule has 282 valence electrons. The van der Waals surface area contributed by atoms with E-state index < -0.39 is 41.4 Å². The summed E-state index contributed by atoms with van der Waals surface area (Å²) in [4.78, 5) is 114. The van der Waals surface area contributed by atoms with Crippen LogP contribution >= 0.6 is 0 Å². The lowest BCUT2D eigenvalue weighted by Gasteiger charge is -2.38. The highest BCUT2D eigenvalue weighted by Crippen LogP contribution is 2.41. The summed E-state index contributed by atoms with van der Waals surface area (Å²) in [5.74, 6) is -5.42. The fraction of sp³-hybridized carbons (Fsp3) is 0.349. The minimum absolute atomic E-state index is 0.0113. The van der Waals surface area contributed by atoms with Gasteiger partial charge in [0.15, 0.2) is 0 Å². The first-order valence-electron chi connectivity index (χ1n) is 19.1. The van der Waals surface area contributed by atoms with Gasteiger partial charge in [0.1, 0.15) is 0 Å². The van der Waals surface area contributed by atoms with E-state index in [4.69, 9.17) is 0 Å². The van der Waals surface area contributed by atoms with Gasteiger partial charge in [-0.2, -0.15) is 10.0 Å². The number of aryl methyl sites for hydroxylation is 1. The molecule has 0 N–H and O–H groups in total. The molecule has 0 radical (unpaired) electrons. The van der Waals surface area contributed by atoms with E-state index in [9.17, 15) is 38.4 Å². The number of hydrogen-bond donors (Lipinski definition) is 0. The van der Waals surface area contributed by atoms with E-state index >= 15 is 0 Å². The zero-order valence-electron chi connectivity index (χ0n) is 31.6. The third kappa shape index (κ3) is 5.48. The third-order valence-corrected chi connectivity index (χ3v) is 11.1. The van der Waals surface area contributed by atoms with Gasteiger partial charge in [0, 0.05) is 44.9 Å². The van der Waals surface area contributed by atoms with E-state index in [2.05, 4.69) is 0 Å². The van der Waals surface area contributed by atoms with Crippen molar-refractivity contribution in [2.45, 2.75) is 98.1 Å². The fourth-order valence-corrected chi connectivity index (χ4v) is 8.69. The van der Waals surface area contributed by atoms with Crippen molar-refractivity contribution in [1.82, 2.24) is 19.8 Å². The van der Waals surface area contributed by atoms with Crippen molar-refractivity contribution in [3.05, 3.63) is 93.0 Å². The van der Waals surface area contributed by atoms with E-state index in [1.807, 2.05) is 27.7 Å². The van der Waals surface area contributed by atoms with Crippen molar-refractivity contribution in [3.8, 4) is 0 Å². The molecule has 7 rings (SSSR count). The Morgan fingerprint density at radius 1 is 0.545 bits per heavy atom. The van der Waals surface area contributed by atoms with Crippen LogP contribution in [0.15, 0.2) is 48.5 Å². The lowest BCUT2D eigenvalue weighted by Crippen LogP contribution is -2.58. The number of imide groups is 4. The minimum Gasteiger partial charge on any atom is -0.278 e. The number of nitrogens with zero attached hydrogens (tertiary/aromatic N) is 4. The summed E-state index contributed by atoms with van der Waals surface area (Å²) >= 11 is 0. The number of rotatable bonds is 13. The summed E-state index contributed by atoms with van der Waals surface area (Å²) in [6, 6.07) is 11.0. The van der Waals surface area contributed by atoms with Crippen molar-refractivity contribution in [2.24, 2.45) is 0 Å². The molecule has 55 heavy (non-hydrogen) atoms. The lowest BCUT2D eigenvalue weighted by atomic mass is 9.85. The molecule has 3 heterocycles. The van der Waals surface area contributed by atoms with Crippen LogP contribution < -0.4 is 0 Å². The summed E-state index contributed by atoms with van der Waals surface area (Å²) in [6.07, 6.45) is 6.07. The Hall–Kier alpha value is -6.04. The highest BCUT2D eigenvalue weighted by Gasteiger charge is 2.48. The number of carbonyl (C=O) groups excluding carboxylic acids is 8. The molecule has 3 aliphatic rings. The standard InChI is InChI=1S/C43H42N4O8/c1-6-10-24(11-7-2)44(22-48)37(49)26-16-19-30-34-29(15-14-23(5)33(26)34)40(52)46(41(30)53)47-42(54)31-20-17-27-35-28(18-21-32(36(31)35)43(47)55)39(51)45(38(27)50)25(12-8-3)13-9-4/h14-22,24-25H,6-13H2,1-5H3. The van der Waals surface area contributed by atoms with Crippen molar-refractivity contribution < 1.29 is 38.4 Å². The van der Waals surface area contributed by atoms with Gasteiger partial charge in [0.05, 0.1) is 22.3 Å². The van der Waals surface area contributed by atoms with Gasteiger partial charge in [-0.25, -0.2) is 0 Å². The molecule has 0 spiro atoms. The van der Waals surface area contributed by atoms with Crippen molar-refractivity contribution >= 4 is 69.3 Å². The SMILES string of the molecule is CCCC(CCC)N(C=O)C(=O)c1ccc2c3c(ccc(C)c13)C(=O)N(N1C(=O)c3ccc4c5c(ccc(c35)C1=O)C(=O)N(C(CCC)CCC)C4=O)C2=O. The Morgan fingerprint density at radius 2 is 0.909 bits per heavy atom. The van der Waals surface area contributed by atoms with E-state index in [1.165, 1.54) is 52.3 Å². The highest BCUT2D eigenvalue weighted by atomic mass is 16.2. The predicted molar refractivity (Wildman–Crippen MR) is 204 cm³/mol. The molecule has 0 aromatic heterocycles. The first-order valence-corrected chi connectivity index (χ1v) is 19.1. The minimum atomic E-state index is -0.974. The summed E-state index contributed by atoms with van der Waals surface area (Å²) < 4.78 is 0. The van der Waals surface area contributed by atoms with Gasteiger partial charge in [-0.3, -0.25) is 48.2 Å². The first-order chi connectivity index (χ1) is 26.5. The van der Waals surface area contributed by atoms with Crippen LogP contribution in [-0.4, -0.2) is 79.7 Å². The number of benzene rings is 4. The number of hydrazine groups is 1. The van der Waals surface area contributed by atoms with E-state index in [1.54, 1.807) is 13.0 Å². The number of amides is 8. The van der Waals surface area contributed by atoms with Crippen LogP contribution in [0.1, 0.15) is 157 Å². The normalized spacial score (nSPS) is 15.1. The molecule has 12 nitrogen and oxygen atoms in total. The zero-order valence-corrected chi connectivity index (χ0v) is 31.6. The Kier molecular flexibility index (Phi) is 9.70. The lowest BCUT2D eigenvalue weighted by molar-refractivity contribution is -0.117. The summed E-state index contributed by atoms with van der Waals surface area (Å²) in [6.45, 7) is 9.65. The Morgan fingerprint density at radius 3 is 1.31 bits per heavy atom. The van der Waals surface area contributed by atoms with E-state index in [0.717, 1.165) is 25.7 Å². The van der Waals surface area contributed by atoms with Crippen LogP contribution in [0.3, 0.4) is 0 Å². The maximum absolute atomic E-state index is 14.4. The average molecular weight is 743 g/mol. The third-order valence-electron chi connectivity index (χ3n) is 11.1. The van der Waals surface area contributed by atoms with E-state index in [0.29, 0.717) is 53.1 Å². The molecule has 0 atom stereocenters. The largest absolute Gasteiger partial charge is 0.281 e. The van der Waals surface area contributed by atoms with Gasteiger partial charge in [-0.05, 0) is 86.0 Å². The molecule has 0 saturated carbocycles. The van der Waals surface area contributed by atoms with Gasteiger partial charge in [-0.15, -0.1) is 0 Å². The summed E-state index contributed by atoms with van der Waals surface area (Å²) in [5, 5.41) is 1.86. The Labute approximate surface area is 318 Å². The van der Waals surface area contributed by atoms with Crippen LogP contribution in [0, 0.1) is 6.92 Å². The zero-order chi connectivity index (χ0) is 39.5. The number of hydrogen-bond acceptors (Lipinski definition) is 8. The van der Waals surface area contributed by atoms with Crippen LogP contribution in [0.4, 0.5) is 0 Å². The maximum Gasteiger partial charge on any atom is 0.281 e. The van der Waals surface area contributed by atoms with Gasteiger partial charge in [0.25, 0.3) is 41.4 Å². The molecular formula is C43H42N4O8. The second-order valence-electron chi connectivity index (χ2n) is 14.5. The fourth-order valence-electron chi connectivity index (χ4n) is 8.69. The Balaban J connectivity index is 1.30. The van der Waals surface area contributed by atoms with Gasteiger partial charge >= 0.3 is 0 Å². The van der Waals surface area contributed by atoms with Crippen LogP contribution in [0.2, 0.25) is 0 Å². The second-order valence-corrected chi connectivity index (χ2v) is 14.5. The molecule has 0 saturated heterocycles. The topological polar surface area (TPSA) is 150 Å². The van der Waals surface area contributed by atoms with Gasteiger partial charge in [-0.1, -0.05) is 59.4 Å². The number of carbonyl (C=O) groups is 8. The molecule has 0 bridgehead atoms. The predicted octanol–water partition coefficient (Wildman–Crippen LogP) is 7.24. The Bertz CT molecular complexity index is 2290. The molecular weight excluding hydrogens is 700 g/mol. The highest BCUT2D eigenvalue weighted by molar-refractivity contribution is 6.35. The van der Waals surface area contributed by atoms with Crippen LogP contribution in [-0.2, 0) is 4.79 Å². The first kappa shape index (κ1) is 37.3. The molecule has 12 heteroatoms. The monoisotopic (exact) mass is 742 g/mol. The second kappa shape index (κ2) is 14.3. The smallest absolute Gasteiger partial charge is 0.278 e.